The highest BCUT2D eigenvalue weighted by atomic mass is 16.5. The lowest BCUT2D eigenvalue weighted by Crippen LogP contribution is -2.47. The zero-order chi connectivity index (χ0) is 16.4. The predicted octanol–water partition coefficient (Wildman–Crippen LogP) is 0.893. The van der Waals surface area contributed by atoms with Gasteiger partial charge < -0.3 is 19.3 Å². The molecule has 1 aliphatic carbocycles. The summed E-state index contributed by atoms with van der Waals surface area (Å²) in [5, 5.41) is 18.7. The Kier molecular flexibility index (Phi) is 4.68. The Morgan fingerprint density at radius 3 is 2.83 bits per heavy atom. The van der Waals surface area contributed by atoms with Gasteiger partial charge in [-0.2, -0.15) is 0 Å². The van der Waals surface area contributed by atoms with E-state index < -0.39 is 5.60 Å². The van der Waals surface area contributed by atoms with E-state index in [2.05, 4.69) is 14.8 Å². The third-order valence-electron chi connectivity index (χ3n) is 5.00. The summed E-state index contributed by atoms with van der Waals surface area (Å²) in [6.07, 6.45) is 3.42. The molecule has 1 aromatic heterocycles. The molecule has 2 heterocycles. The van der Waals surface area contributed by atoms with Crippen molar-refractivity contribution < 1.29 is 14.6 Å². The van der Waals surface area contributed by atoms with E-state index >= 15 is 0 Å². The van der Waals surface area contributed by atoms with Crippen LogP contribution >= 0.6 is 0 Å². The minimum Gasteiger partial charge on any atom is -0.389 e. The second-order valence-electron chi connectivity index (χ2n) is 6.72. The van der Waals surface area contributed by atoms with Crippen LogP contribution in [-0.4, -0.2) is 55.5 Å². The van der Waals surface area contributed by atoms with Gasteiger partial charge in [0.2, 0.25) is 5.91 Å². The van der Waals surface area contributed by atoms with Crippen molar-refractivity contribution in [3.63, 3.8) is 0 Å². The zero-order valence-corrected chi connectivity index (χ0v) is 14.0. The van der Waals surface area contributed by atoms with Gasteiger partial charge in [0.25, 0.3) is 0 Å². The minimum absolute atomic E-state index is 0.0461. The number of aliphatic hydroxyl groups is 1. The number of carbonyl (C=O) groups excluding carboxylic acids is 1. The summed E-state index contributed by atoms with van der Waals surface area (Å²) >= 11 is 0. The summed E-state index contributed by atoms with van der Waals surface area (Å²) in [7, 11) is 0. The average molecular weight is 322 g/mol. The first kappa shape index (κ1) is 16.4. The Labute approximate surface area is 136 Å². The van der Waals surface area contributed by atoms with Crippen LogP contribution in [0.15, 0.2) is 0 Å². The first-order valence-corrected chi connectivity index (χ1v) is 8.53. The van der Waals surface area contributed by atoms with Crippen LogP contribution in [0.2, 0.25) is 0 Å². The van der Waals surface area contributed by atoms with E-state index in [0.29, 0.717) is 32.7 Å². The van der Waals surface area contributed by atoms with Crippen molar-refractivity contribution >= 4 is 5.91 Å². The van der Waals surface area contributed by atoms with E-state index in [1.807, 2.05) is 18.7 Å². The van der Waals surface area contributed by atoms with Gasteiger partial charge in [0, 0.05) is 32.2 Å². The van der Waals surface area contributed by atoms with Gasteiger partial charge in [-0.1, -0.05) is 0 Å². The molecule has 2 aliphatic rings. The van der Waals surface area contributed by atoms with Crippen LogP contribution in [0.5, 0.6) is 0 Å². The summed E-state index contributed by atoms with van der Waals surface area (Å²) in [6.45, 7) is 6.38. The minimum atomic E-state index is -0.766. The highest BCUT2D eigenvalue weighted by molar-refractivity contribution is 5.77. The maximum atomic E-state index is 12.6. The van der Waals surface area contributed by atoms with Crippen LogP contribution in [0.25, 0.3) is 0 Å². The monoisotopic (exact) mass is 322 g/mol. The number of hydrogen-bond donors (Lipinski definition) is 1. The molecule has 1 amide bonds. The van der Waals surface area contributed by atoms with Crippen molar-refractivity contribution in [3.8, 4) is 0 Å². The zero-order valence-electron chi connectivity index (χ0n) is 14.0. The largest absolute Gasteiger partial charge is 0.389 e. The van der Waals surface area contributed by atoms with Gasteiger partial charge >= 0.3 is 0 Å². The van der Waals surface area contributed by atoms with Crippen molar-refractivity contribution in [2.24, 2.45) is 0 Å². The molecule has 23 heavy (non-hydrogen) atoms. The molecule has 1 atom stereocenters. The smallest absolute Gasteiger partial charge is 0.225 e. The van der Waals surface area contributed by atoms with Crippen LogP contribution in [0.1, 0.15) is 51.2 Å². The van der Waals surface area contributed by atoms with Crippen molar-refractivity contribution in [1.82, 2.24) is 19.7 Å². The van der Waals surface area contributed by atoms with Gasteiger partial charge in [-0.3, -0.25) is 4.79 Å². The Balaban J connectivity index is 1.67. The standard InChI is InChI=1S/C16H26N4O3/c1-3-23-11-14-18-17-13-9-12(2)19(7-8-20(13)14)15(21)10-16(22)5-4-6-16/h12,22H,3-11H2,1-2H3. The molecular formula is C16H26N4O3. The molecule has 1 fully saturated rings. The fraction of sp³-hybridized carbons (Fsp3) is 0.812. The molecule has 1 N–H and O–H groups in total. The van der Waals surface area contributed by atoms with E-state index in [0.717, 1.165) is 30.9 Å². The predicted molar refractivity (Wildman–Crippen MR) is 83.6 cm³/mol. The highest BCUT2D eigenvalue weighted by Crippen LogP contribution is 2.35. The SMILES string of the molecule is CCOCc1nnc2n1CCN(C(=O)CC1(O)CCC1)C(C)C2. The lowest BCUT2D eigenvalue weighted by molar-refractivity contribution is -0.142. The summed E-state index contributed by atoms with van der Waals surface area (Å²) in [6, 6.07) is 0.0663. The second kappa shape index (κ2) is 6.57. The van der Waals surface area contributed by atoms with E-state index in [1.54, 1.807) is 0 Å². The van der Waals surface area contributed by atoms with Gasteiger partial charge in [-0.25, -0.2) is 0 Å². The fourth-order valence-corrected chi connectivity index (χ4v) is 3.40. The van der Waals surface area contributed by atoms with Crippen LogP contribution < -0.4 is 0 Å². The number of ether oxygens (including phenoxy) is 1. The van der Waals surface area contributed by atoms with E-state index in [1.165, 1.54) is 0 Å². The van der Waals surface area contributed by atoms with E-state index in [9.17, 15) is 9.90 Å². The number of carbonyl (C=O) groups is 1. The molecule has 128 valence electrons. The lowest BCUT2D eigenvalue weighted by atomic mass is 9.77. The average Bonchev–Trinajstić information content (AvgIpc) is 2.77. The molecule has 0 spiro atoms. The molecule has 0 saturated heterocycles. The van der Waals surface area contributed by atoms with E-state index in [-0.39, 0.29) is 18.4 Å². The van der Waals surface area contributed by atoms with E-state index in [4.69, 9.17) is 4.74 Å². The molecule has 0 bridgehead atoms. The number of fused-ring (bicyclic) bond motifs is 1. The second-order valence-corrected chi connectivity index (χ2v) is 6.72. The molecule has 0 radical (unpaired) electrons. The maximum absolute atomic E-state index is 12.6. The molecule has 1 saturated carbocycles. The Morgan fingerprint density at radius 2 is 2.17 bits per heavy atom. The fourth-order valence-electron chi connectivity index (χ4n) is 3.40. The van der Waals surface area contributed by atoms with Crippen molar-refractivity contribution in [1.29, 1.82) is 0 Å². The van der Waals surface area contributed by atoms with Crippen LogP contribution in [0.4, 0.5) is 0 Å². The number of aromatic nitrogens is 3. The number of nitrogens with zero attached hydrogens (tertiary/aromatic N) is 4. The molecule has 0 aromatic carbocycles. The number of hydrogen-bond acceptors (Lipinski definition) is 5. The molecule has 3 rings (SSSR count). The molecule has 7 nitrogen and oxygen atoms in total. The molecule has 1 aromatic rings. The summed E-state index contributed by atoms with van der Waals surface area (Å²) in [5.74, 6) is 1.77. The van der Waals surface area contributed by atoms with Crippen LogP contribution in [-0.2, 0) is 29.1 Å². The summed E-state index contributed by atoms with van der Waals surface area (Å²) in [5.41, 5.74) is -0.766. The number of amides is 1. The lowest BCUT2D eigenvalue weighted by Gasteiger charge is -2.38. The van der Waals surface area contributed by atoms with Crippen molar-refractivity contribution in [3.05, 3.63) is 11.6 Å². The molecule has 7 heteroatoms. The quantitative estimate of drug-likeness (QED) is 0.871. The van der Waals surface area contributed by atoms with Crippen LogP contribution in [0.3, 0.4) is 0 Å². The van der Waals surface area contributed by atoms with Gasteiger partial charge in [0.1, 0.15) is 12.4 Å². The van der Waals surface area contributed by atoms with Gasteiger partial charge in [0.15, 0.2) is 5.82 Å². The topological polar surface area (TPSA) is 80.5 Å². The summed E-state index contributed by atoms with van der Waals surface area (Å²) in [4.78, 5) is 14.5. The van der Waals surface area contributed by atoms with Gasteiger partial charge in [-0.05, 0) is 33.1 Å². The van der Waals surface area contributed by atoms with Crippen molar-refractivity contribution in [2.75, 3.05) is 13.2 Å². The Morgan fingerprint density at radius 1 is 1.39 bits per heavy atom. The van der Waals surface area contributed by atoms with Gasteiger partial charge in [0.05, 0.1) is 12.0 Å². The molecular weight excluding hydrogens is 296 g/mol. The highest BCUT2D eigenvalue weighted by Gasteiger charge is 2.39. The maximum Gasteiger partial charge on any atom is 0.225 e. The van der Waals surface area contributed by atoms with Gasteiger partial charge in [-0.15, -0.1) is 10.2 Å². The van der Waals surface area contributed by atoms with Crippen molar-refractivity contribution in [2.45, 2.75) is 70.7 Å². The first-order valence-electron chi connectivity index (χ1n) is 8.53. The first-order chi connectivity index (χ1) is 11.0. The molecule has 1 aliphatic heterocycles. The molecule has 1 unspecified atom stereocenters. The summed E-state index contributed by atoms with van der Waals surface area (Å²) < 4.78 is 7.50. The number of rotatable bonds is 5. The Hall–Kier alpha value is -1.47. The van der Waals surface area contributed by atoms with Crippen LogP contribution in [0, 0.1) is 0 Å². The third-order valence-corrected chi connectivity index (χ3v) is 5.00. The Bertz CT molecular complexity index is 568. The normalized spacial score (nSPS) is 23.1. The third kappa shape index (κ3) is 3.40.